The molecule has 0 aromatic rings. The van der Waals surface area contributed by atoms with Crippen molar-refractivity contribution in [1.82, 2.24) is 0 Å². The van der Waals surface area contributed by atoms with E-state index in [1.165, 1.54) is 25.7 Å². The van der Waals surface area contributed by atoms with Crippen molar-refractivity contribution in [2.24, 2.45) is 28.6 Å². The summed E-state index contributed by atoms with van der Waals surface area (Å²) in [6.45, 7) is 5.27. The highest BCUT2D eigenvalue weighted by atomic mass is 16.3. The number of hydrogen-bond acceptors (Lipinski definition) is 1. The lowest BCUT2D eigenvalue weighted by atomic mass is 9.61. The topological polar surface area (TPSA) is 20.2 Å². The zero-order valence-corrected chi connectivity index (χ0v) is 8.71. The van der Waals surface area contributed by atoms with Gasteiger partial charge in [0.15, 0.2) is 0 Å². The highest BCUT2D eigenvalue weighted by molar-refractivity contribution is 5.20. The van der Waals surface area contributed by atoms with Crippen LogP contribution >= 0.6 is 0 Å². The van der Waals surface area contributed by atoms with E-state index in [0.29, 0.717) is 17.4 Å². The van der Waals surface area contributed by atoms with Gasteiger partial charge in [-0.1, -0.05) is 13.8 Å². The van der Waals surface area contributed by atoms with Crippen molar-refractivity contribution in [3.05, 3.63) is 0 Å². The minimum Gasteiger partial charge on any atom is -0.396 e. The SMILES string of the molecule is CC1(C)[C@@H]2[C@@H]1C1CCC2(CO)CC1. The van der Waals surface area contributed by atoms with Gasteiger partial charge in [0.1, 0.15) is 0 Å². The Morgan fingerprint density at radius 2 is 1.85 bits per heavy atom. The van der Waals surface area contributed by atoms with E-state index in [4.69, 9.17) is 0 Å². The Morgan fingerprint density at radius 3 is 2.31 bits per heavy atom. The van der Waals surface area contributed by atoms with E-state index in [1.54, 1.807) is 0 Å². The van der Waals surface area contributed by atoms with Crippen LogP contribution in [0.5, 0.6) is 0 Å². The number of rotatable bonds is 1. The second-order valence-corrected chi connectivity index (χ2v) is 6.18. The summed E-state index contributed by atoms with van der Waals surface area (Å²) in [5, 5.41) is 9.60. The van der Waals surface area contributed by atoms with Crippen molar-refractivity contribution in [2.45, 2.75) is 39.5 Å². The molecule has 4 aliphatic carbocycles. The lowest BCUT2D eigenvalue weighted by Gasteiger charge is -2.45. The van der Waals surface area contributed by atoms with Gasteiger partial charge in [0, 0.05) is 6.61 Å². The summed E-state index contributed by atoms with van der Waals surface area (Å²) in [6.07, 6.45) is 5.40. The van der Waals surface area contributed by atoms with Crippen LogP contribution in [0.4, 0.5) is 0 Å². The lowest BCUT2D eigenvalue weighted by Crippen LogP contribution is -2.39. The minimum atomic E-state index is 0.350. The van der Waals surface area contributed by atoms with Crippen molar-refractivity contribution in [1.29, 1.82) is 0 Å². The highest BCUT2D eigenvalue weighted by Crippen LogP contribution is 2.77. The van der Waals surface area contributed by atoms with Gasteiger partial charge in [0.2, 0.25) is 0 Å². The van der Waals surface area contributed by atoms with Gasteiger partial charge in [0.05, 0.1) is 0 Å². The maximum Gasteiger partial charge on any atom is 0.0490 e. The molecule has 74 valence electrons. The number of aliphatic hydroxyl groups is 1. The molecule has 0 unspecified atom stereocenters. The average Bonchev–Trinajstić information content (AvgIpc) is 2.76. The minimum absolute atomic E-state index is 0.350. The van der Waals surface area contributed by atoms with Gasteiger partial charge >= 0.3 is 0 Å². The van der Waals surface area contributed by atoms with E-state index in [2.05, 4.69) is 13.8 Å². The first kappa shape index (κ1) is 8.28. The molecule has 4 fully saturated rings. The maximum atomic E-state index is 9.60. The van der Waals surface area contributed by atoms with Crippen LogP contribution in [0.3, 0.4) is 0 Å². The smallest absolute Gasteiger partial charge is 0.0490 e. The van der Waals surface area contributed by atoms with Gasteiger partial charge < -0.3 is 5.11 Å². The van der Waals surface area contributed by atoms with Gasteiger partial charge in [-0.25, -0.2) is 0 Å². The summed E-state index contributed by atoms with van der Waals surface area (Å²) in [5.74, 6) is 2.83. The fourth-order valence-corrected chi connectivity index (χ4v) is 4.87. The second-order valence-electron chi connectivity index (χ2n) is 6.18. The van der Waals surface area contributed by atoms with Crippen LogP contribution < -0.4 is 0 Å². The molecule has 1 nitrogen and oxygen atoms in total. The molecular formula is C12H20O. The fourth-order valence-electron chi connectivity index (χ4n) is 4.87. The molecule has 4 rings (SSSR count). The molecule has 4 saturated carbocycles. The Hall–Kier alpha value is -0.0400. The molecule has 0 aromatic carbocycles. The summed E-state index contributed by atoms with van der Waals surface area (Å²) in [5.41, 5.74) is 0.906. The van der Waals surface area contributed by atoms with Crippen LogP contribution in [0.25, 0.3) is 0 Å². The summed E-state index contributed by atoms with van der Waals surface area (Å²) < 4.78 is 0. The van der Waals surface area contributed by atoms with E-state index >= 15 is 0 Å². The van der Waals surface area contributed by atoms with Crippen molar-refractivity contribution in [3.8, 4) is 0 Å². The third-order valence-corrected chi connectivity index (χ3v) is 5.42. The molecule has 0 heterocycles. The highest BCUT2D eigenvalue weighted by Gasteiger charge is 2.72. The molecule has 13 heavy (non-hydrogen) atoms. The largest absolute Gasteiger partial charge is 0.396 e. The molecule has 0 aromatic heterocycles. The molecule has 0 amide bonds. The molecule has 4 aliphatic rings. The molecule has 1 N–H and O–H groups in total. The molecule has 1 heteroatoms. The van der Waals surface area contributed by atoms with E-state index < -0.39 is 0 Å². The number of aliphatic hydroxyl groups excluding tert-OH is 1. The van der Waals surface area contributed by atoms with Crippen LogP contribution in [0.15, 0.2) is 0 Å². The first-order chi connectivity index (χ1) is 6.12. The molecule has 2 atom stereocenters. The number of fused-ring (bicyclic) bond motifs is 2. The monoisotopic (exact) mass is 180 g/mol. The standard InChI is InChI=1S/C12H20O/c1-11(2)9-8-3-5-12(7-13,6-4-8)10(9)11/h8-10,13H,3-7H2,1-2H3/t8?,9-,10-,12?/m0/s1. The van der Waals surface area contributed by atoms with E-state index in [-0.39, 0.29) is 0 Å². The summed E-state index contributed by atoms with van der Waals surface area (Å²) in [4.78, 5) is 0. The molecule has 0 aliphatic heterocycles. The van der Waals surface area contributed by atoms with Gasteiger partial charge in [-0.05, 0) is 54.3 Å². The van der Waals surface area contributed by atoms with Gasteiger partial charge in [-0.15, -0.1) is 0 Å². The molecule has 0 saturated heterocycles. The predicted octanol–water partition coefficient (Wildman–Crippen LogP) is 2.44. The first-order valence-corrected chi connectivity index (χ1v) is 5.73. The Bertz CT molecular complexity index is 236. The Balaban J connectivity index is 1.98. The van der Waals surface area contributed by atoms with Crippen LogP contribution in [0.1, 0.15) is 39.5 Å². The van der Waals surface area contributed by atoms with Gasteiger partial charge in [-0.3, -0.25) is 0 Å². The number of hydrogen-bond donors (Lipinski definition) is 1. The first-order valence-electron chi connectivity index (χ1n) is 5.73. The van der Waals surface area contributed by atoms with Crippen molar-refractivity contribution < 1.29 is 5.11 Å². The third kappa shape index (κ3) is 0.782. The van der Waals surface area contributed by atoms with Gasteiger partial charge in [-0.2, -0.15) is 0 Å². The summed E-state index contributed by atoms with van der Waals surface area (Å²) in [6, 6.07) is 0. The van der Waals surface area contributed by atoms with Crippen molar-refractivity contribution in [2.75, 3.05) is 6.61 Å². The Labute approximate surface area is 80.5 Å². The Kier molecular flexibility index (Phi) is 1.36. The normalized spacial score (nSPS) is 56.1. The quantitative estimate of drug-likeness (QED) is 0.657. The van der Waals surface area contributed by atoms with E-state index in [1.807, 2.05) is 0 Å². The van der Waals surface area contributed by atoms with Crippen molar-refractivity contribution in [3.63, 3.8) is 0 Å². The zero-order chi connectivity index (χ0) is 9.27. The van der Waals surface area contributed by atoms with Crippen LogP contribution in [0.2, 0.25) is 0 Å². The predicted molar refractivity (Wildman–Crippen MR) is 52.2 cm³/mol. The Morgan fingerprint density at radius 1 is 1.23 bits per heavy atom. The third-order valence-electron chi connectivity index (χ3n) is 5.42. The van der Waals surface area contributed by atoms with E-state index in [9.17, 15) is 5.11 Å². The summed E-state index contributed by atoms with van der Waals surface area (Å²) >= 11 is 0. The van der Waals surface area contributed by atoms with Crippen LogP contribution in [0, 0.1) is 28.6 Å². The fraction of sp³-hybridized carbons (Fsp3) is 1.00. The average molecular weight is 180 g/mol. The van der Waals surface area contributed by atoms with Gasteiger partial charge in [0.25, 0.3) is 0 Å². The molecule has 2 bridgehead atoms. The van der Waals surface area contributed by atoms with Crippen LogP contribution in [-0.2, 0) is 0 Å². The van der Waals surface area contributed by atoms with Crippen molar-refractivity contribution >= 4 is 0 Å². The summed E-state index contributed by atoms with van der Waals surface area (Å²) in [7, 11) is 0. The molecule has 0 radical (unpaired) electrons. The molecule has 0 spiro atoms. The second kappa shape index (κ2) is 2.13. The molecular weight excluding hydrogens is 160 g/mol. The lowest BCUT2D eigenvalue weighted by molar-refractivity contribution is -0.00399. The van der Waals surface area contributed by atoms with Crippen LogP contribution in [-0.4, -0.2) is 11.7 Å². The maximum absolute atomic E-state index is 9.60. The zero-order valence-electron chi connectivity index (χ0n) is 8.71. The van der Waals surface area contributed by atoms with E-state index in [0.717, 1.165) is 17.8 Å².